The van der Waals surface area contributed by atoms with Crippen LogP contribution in [-0.2, 0) is 6.54 Å². The fourth-order valence-corrected chi connectivity index (χ4v) is 4.09. The molecular weight excluding hydrogens is 316 g/mol. The number of carbonyl (C=O) groups is 1. The van der Waals surface area contributed by atoms with E-state index in [0.29, 0.717) is 6.54 Å². The second-order valence-electron chi connectivity index (χ2n) is 6.81. The Hall–Kier alpha value is -2.41. The molecule has 1 aromatic carbocycles. The van der Waals surface area contributed by atoms with Crippen LogP contribution in [0.1, 0.15) is 31.5 Å². The number of urea groups is 1. The molecule has 25 heavy (non-hydrogen) atoms. The maximum Gasteiger partial charge on any atom is 0.318 e. The lowest BCUT2D eigenvalue weighted by molar-refractivity contribution is 0.118. The molecule has 3 heterocycles. The Kier molecular flexibility index (Phi) is 4.40. The Morgan fingerprint density at radius 2 is 2.00 bits per heavy atom. The second-order valence-corrected chi connectivity index (χ2v) is 6.81. The normalized spacial score (nSPS) is 19.3. The van der Waals surface area contributed by atoms with E-state index >= 15 is 0 Å². The summed E-state index contributed by atoms with van der Waals surface area (Å²) in [6, 6.07) is 9.86. The summed E-state index contributed by atoms with van der Waals surface area (Å²) in [5.41, 5.74) is 0.989. The van der Waals surface area contributed by atoms with Crippen molar-refractivity contribution in [3.05, 3.63) is 42.5 Å². The minimum atomic E-state index is 0.0158. The van der Waals surface area contributed by atoms with E-state index in [0.717, 1.165) is 56.8 Å². The van der Waals surface area contributed by atoms with Gasteiger partial charge in [-0.25, -0.2) is 14.5 Å². The Labute approximate surface area is 147 Å². The molecule has 2 saturated heterocycles. The molecule has 132 valence electrons. The first-order valence-corrected chi connectivity index (χ1v) is 8.99. The minimum absolute atomic E-state index is 0.0158. The summed E-state index contributed by atoms with van der Waals surface area (Å²) in [6.07, 6.45) is 5.82. The summed E-state index contributed by atoms with van der Waals surface area (Å²) in [5.74, 6) is 0.734. The van der Waals surface area contributed by atoms with Crippen molar-refractivity contribution in [2.24, 2.45) is 0 Å². The minimum Gasteiger partial charge on any atom is -0.331 e. The molecule has 7 nitrogen and oxygen atoms in total. The van der Waals surface area contributed by atoms with E-state index in [1.807, 2.05) is 30.3 Å². The van der Waals surface area contributed by atoms with Crippen LogP contribution in [0.15, 0.2) is 36.7 Å². The Balaban J connectivity index is 1.44. The Bertz CT molecular complexity index is 722. The molecule has 0 aliphatic carbocycles. The first-order valence-electron chi connectivity index (χ1n) is 8.99. The van der Waals surface area contributed by atoms with Gasteiger partial charge >= 0.3 is 6.03 Å². The third-order valence-corrected chi connectivity index (χ3v) is 5.39. The van der Waals surface area contributed by atoms with Crippen LogP contribution >= 0.6 is 0 Å². The first kappa shape index (κ1) is 16.1. The van der Waals surface area contributed by atoms with Crippen LogP contribution in [0.25, 0.3) is 5.69 Å². The van der Waals surface area contributed by atoms with Crippen LogP contribution in [0.4, 0.5) is 4.79 Å². The highest BCUT2D eigenvalue weighted by Gasteiger charge is 2.43. The standard InChI is InChI=1S/C18H24N6O/c25-17(23-12-4-7-18(23)8-10-19-11-9-18)20-13-16-21-14-22-24(16)15-5-2-1-3-6-15/h1-3,5-6,14,19H,4,7-13H2,(H,20,25). The van der Waals surface area contributed by atoms with E-state index in [9.17, 15) is 4.79 Å². The highest BCUT2D eigenvalue weighted by molar-refractivity contribution is 5.75. The number of likely N-dealkylation sites (tertiary alicyclic amines) is 1. The lowest BCUT2D eigenvalue weighted by atomic mass is 9.86. The zero-order valence-corrected chi connectivity index (χ0v) is 14.3. The molecule has 0 saturated carbocycles. The maximum absolute atomic E-state index is 12.8. The van der Waals surface area contributed by atoms with E-state index < -0.39 is 0 Å². The van der Waals surface area contributed by atoms with Gasteiger partial charge in [-0.15, -0.1) is 0 Å². The van der Waals surface area contributed by atoms with E-state index in [1.54, 1.807) is 4.68 Å². The predicted molar refractivity (Wildman–Crippen MR) is 94.4 cm³/mol. The molecule has 2 aromatic rings. The average Bonchev–Trinajstić information content (AvgIpc) is 3.28. The highest BCUT2D eigenvalue weighted by Crippen LogP contribution is 2.36. The van der Waals surface area contributed by atoms with Crippen molar-refractivity contribution in [3.63, 3.8) is 0 Å². The second kappa shape index (κ2) is 6.84. The van der Waals surface area contributed by atoms with Gasteiger partial charge in [-0.2, -0.15) is 5.10 Å². The molecule has 0 bridgehead atoms. The van der Waals surface area contributed by atoms with Gasteiger partial charge in [0, 0.05) is 12.1 Å². The van der Waals surface area contributed by atoms with Crippen LogP contribution < -0.4 is 10.6 Å². The third-order valence-electron chi connectivity index (χ3n) is 5.39. The van der Waals surface area contributed by atoms with E-state index in [1.165, 1.54) is 6.33 Å². The average molecular weight is 340 g/mol. The molecule has 4 rings (SSSR count). The molecule has 2 N–H and O–H groups in total. The van der Waals surface area contributed by atoms with Crippen LogP contribution in [0, 0.1) is 0 Å². The zero-order valence-electron chi connectivity index (χ0n) is 14.3. The molecule has 2 aliphatic heterocycles. The van der Waals surface area contributed by atoms with Crippen LogP contribution in [0.5, 0.6) is 0 Å². The smallest absolute Gasteiger partial charge is 0.318 e. The van der Waals surface area contributed by atoms with Gasteiger partial charge in [-0.1, -0.05) is 18.2 Å². The number of nitrogens with one attached hydrogen (secondary N) is 2. The van der Waals surface area contributed by atoms with Crippen molar-refractivity contribution >= 4 is 6.03 Å². The summed E-state index contributed by atoms with van der Waals surface area (Å²) < 4.78 is 1.77. The van der Waals surface area contributed by atoms with E-state index in [-0.39, 0.29) is 11.6 Å². The summed E-state index contributed by atoms with van der Waals surface area (Å²) in [7, 11) is 0. The van der Waals surface area contributed by atoms with Crippen LogP contribution in [0.3, 0.4) is 0 Å². The topological polar surface area (TPSA) is 75.1 Å². The number of benzene rings is 1. The van der Waals surface area contributed by atoms with Crippen molar-refractivity contribution in [1.82, 2.24) is 30.3 Å². The maximum atomic E-state index is 12.8. The zero-order chi connectivity index (χ0) is 17.1. The number of aromatic nitrogens is 3. The molecule has 2 fully saturated rings. The molecule has 2 aliphatic rings. The summed E-state index contributed by atoms with van der Waals surface area (Å²) >= 11 is 0. The number of nitrogens with zero attached hydrogens (tertiary/aromatic N) is 4. The fraction of sp³-hybridized carbons (Fsp3) is 0.500. The Morgan fingerprint density at radius 1 is 1.20 bits per heavy atom. The summed E-state index contributed by atoms with van der Waals surface area (Å²) in [6.45, 7) is 3.20. The van der Waals surface area contributed by atoms with Gasteiger partial charge in [0.25, 0.3) is 0 Å². The summed E-state index contributed by atoms with van der Waals surface area (Å²) in [5, 5.41) is 10.7. The summed E-state index contributed by atoms with van der Waals surface area (Å²) in [4.78, 5) is 19.2. The van der Waals surface area contributed by atoms with Gasteiger partial charge in [0.05, 0.1) is 12.2 Å². The molecule has 0 atom stereocenters. The first-order chi connectivity index (χ1) is 12.3. The number of hydrogen-bond acceptors (Lipinski definition) is 4. The lowest BCUT2D eigenvalue weighted by Crippen LogP contribution is -2.55. The van der Waals surface area contributed by atoms with Crippen LogP contribution in [0.2, 0.25) is 0 Å². The van der Waals surface area contributed by atoms with Gasteiger partial charge in [-0.05, 0) is 50.9 Å². The van der Waals surface area contributed by atoms with Crippen molar-refractivity contribution in [3.8, 4) is 5.69 Å². The molecule has 7 heteroatoms. The SMILES string of the molecule is O=C(NCc1ncnn1-c1ccccc1)N1CCCC12CCNCC2. The predicted octanol–water partition coefficient (Wildman–Crippen LogP) is 1.69. The van der Waals surface area contributed by atoms with Gasteiger partial charge in [0.1, 0.15) is 6.33 Å². The van der Waals surface area contributed by atoms with Crippen LogP contribution in [-0.4, -0.2) is 50.9 Å². The van der Waals surface area contributed by atoms with Crippen molar-refractivity contribution in [1.29, 1.82) is 0 Å². The van der Waals surface area contributed by atoms with Crippen molar-refractivity contribution < 1.29 is 4.79 Å². The fourth-order valence-electron chi connectivity index (χ4n) is 4.09. The van der Waals surface area contributed by atoms with E-state index in [2.05, 4.69) is 25.6 Å². The molecule has 0 radical (unpaired) electrons. The highest BCUT2D eigenvalue weighted by atomic mass is 16.2. The van der Waals surface area contributed by atoms with Gasteiger partial charge in [0.2, 0.25) is 0 Å². The molecule has 1 aromatic heterocycles. The molecule has 0 unspecified atom stereocenters. The number of para-hydroxylation sites is 1. The van der Waals surface area contributed by atoms with Gasteiger partial charge in [0.15, 0.2) is 5.82 Å². The monoisotopic (exact) mass is 340 g/mol. The van der Waals surface area contributed by atoms with Gasteiger partial charge < -0.3 is 15.5 Å². The van der Waals surface area contributed by atoms with E-state index in [4.69, 9.17) is 0 Å². The number of carbonyl (C=O) groups excluding carboxylic acids is 1. The molecular formula is C18H24N6O. The van der Waals surface area contributed by atoms with Gasteiger partial charge in [-0.3, -0.25) is 0 Å². The number of hydrogen-bond donors (Lipinski definition) is 2. The number of amides is 2. The molecule has 1 spiro atoms. The number of piperidine rings is 1. The lowest BCUT2D eigenvalue weighted by Gasteiger charge is -2.41. The number of rotatable bonds is 3. The van der Waals surface area contributed by atoms with Crippen molar-refractivity contribution in [2.45, 2.75) is 37.8 Å². The quantitative estimate of drug-likeness (QED) is 0.892. The molecule has 2 amide bonds. The van der Waals surface area contributed by atoms with Crippen molar-refractivity contribution in [2.75, 3.05) is 19.6 Å². The largest absolute Gasteiger partial charge is 0.331 e. The third kappa shape index (κ3) is 3.11. The Morgan fingerprint density at radius 3 is 2.80 bits per heavy atom.